The molecule has 0 radical (unpaired) electrons. The Kier molecular flexibility index (Phi) is 7.83. The minimum Gasteiger partial charge on any atom is -0.456 e. The molecule has 0 aliphatic rings. The summed E-state index contributed by atoms with van der Waals surface area (Å²) in [5, 5.41) is 6.38. The molecule has 0 bridgehead atoms. The lowest BCUT2D eigenvalue weighted by atomic mass is 9.96. The molecule has 58 heavy (non-hydrogen) atoms. The summed E-state index contributed by atoms with van der Waals surface area (Å²) in [6.07, 6.45) is 0. The quantitative estimate of drug-likeness (QED) is 0.136. The fraction of sp³-hybridized carbons (Fsp3) is 0.0385. The van der Waals surface area contributed by atoms with Gasteiger partial charge in [0, 0.05) is 49.5 Å². The average molecular weight is 749 g/mol. The van der Waals surface area contributed by atoms with Crippen molar-refractivity contribution in [1.82, 2.24) is 4.57 Å². The number of aliphatic imine (C=N–C) groups is 2. The molecule has 11 aromatic rings. The van der Waals surface area contributed by atoms with Crippen molar-refractivity contribution in [2.45, 2.75) is 13.0 Å². The monoisotopic (exact) mass is 748 g/mol. The van der Waals surface area contributed by atoms with Gasteiger partial charge >= 0.3 is 0 Å². The summed E-state index contributed by atoms with van der Waals surface area (Å²) in [5.41, 5.74) is 18.3. The lowest BCUT2D eigenvalue weighted by Crippen LogP contribution is -2.17. The van der Waals surface area contributed by atoms with Crippen molar-refractivity contribution in [2.75, 3.05) is 0 Å². The second kappa shape index (κ2) is 13.5. The van der Waals surface area contributed by atoms with Crippen molar-refractivity contribution in [3.8, 4) is 16.8 Å². The molecule has 6 nitrogen and oxygen atoms in total. The molecule has 0 fully saturated rings. The maximum atomic E-state index is 7.01. The summed E-state index contributed by atoms with van der Waals surface area (Å²) in [6.45, 7) is 2.08. The minimum absolute atomic E-state index is 0.129. The summed E-state index contributed by atoms with van der Waals surface area (Å²) in [5.74, 6) is 0.925. The third kappa shape index (κ3) is 5.49. The van der Waals surface area contributed by atoms with Gasteiger partial charge in [0.15, 0.2) is 5.84 Å². The first-order chi connectivity index (χ1) is 28.6. The molecule has 276 valence electrons. The lowest BCUT2D eigenvalue weighted by Gasteiger charge is -2.12. The number of hydrogen-bond donors (Lipinski definition) is 1. The maximum Gasteiger partial charge on any atom is 0.157 e. The van der Waals surface area contributed by atoms with Crippen LogP contribution in [0.4, 0.5) is 0 Å². The number of furan rings is 2. The fourth-order valence-corrected chi connectivity index (χ4v) is 8.52. The number of aromatic nitrogens is 1. The van der Waals surface area contributed by atoms with Gasteiger partial charge in [-0.3, -0.25) is 4.99 Å². The number of rotatable bonds is 6. The van der Waals surface area contributed by atoms with Crippen molar-refractivity contribution in [3.63, 3.8) is 0 Å². The zero-order valence-electron chi connectivity index (χ0n) is 31.6. The second-order valence-electron chi connectivity index (χ2n) is 14.7. The van der Waals surface area contributed by atoms with E-state index in [0.717, 1.165) is 88.4 Å². The molecule has 8 aromatic carbocycles. The Morgan fingerprint density at radius 3 is 1.91 bits per heavy atom. The smallest absolute Gasteiger partial charge is 0.157 e. The molecule has 0 spiro atoms. The molecule has 0 aliphatic carbocycles. The molecule has 11 rings (SSSR count). The van der Waals surface area contributed by atoms with Crippen molar-refractivity contribution in [3.05, 3.63) is 199 Å². The molecule has 0 amide bonds. The SMILES string of the molecule is CC(N=C(N=C(N)c1cccc2oc3ccc(-c4cc(-n5c6ccccc6c6ccccc65)cc5oc6ccccc6c45)cc3c12)c1ccccc1)c1ccccc1. The van der Waals surface area contributed by atoms with Crippen molar-refractivity contribution >= 4 is 77.4 Å². The lowest BCUT2D eigenvalue weighted by molar-refractivity contribution is 0.668. The summed E-state index contributed by atoms with van der Waals surface area (Å²) < 4.78 is 15.5. The van der Waals surface area contributed by atoms with Gasteiger partial charge in [-0.05, 0) is 66.1 Å². The zero-order valence-corrected chi connectivity index (χ0v) is 31.6. The number of benzene rings is 8. The fourth-order valence-electron chi connectivity index (χ4n) is 8.52. The predicted molar refractivity (Wildman–Crippen MR) is 239 cm³/mol. The van der Waals surface area contributed by atoms with E-state index in [2.05, 4.69) is 115 Å². The first-order valence-electron chi connectivity index (χ1n) is 19.5. The summed E-state index contributed by atoms with van der Waals surface area (Å²) in [6, 6.07) is 62.4. The van der Waals surface area contributed by atoms with Gasteiger partial charge in [-0.2, -0.15) is 0 Å². The van der Waals surface area contributed by atoms with E-state index in [9.17, 15) is 0 Å². The highest BCUT2D eigenvalue weighted by Crippen LogP contribution is 2.42. The van der Waals surface area contributed by atoms with E-state index in [0.29, 0.717) is 11.7 Å². The van der Waals surface area contributed by atoms with Crippen molar-refractivity contribution in [2.24, 2.45) is 15.7 Å². The van der Waals surface area contributed by atoms with Gasteiger partial charge in [-0.1, -0.05) is 133 Å². The molecule has 6 heteroatoms. The molecule has 3 aromatic heterocycles. The van der Waals surface area contributed by atoms with Crippen LogP contribution in [0.5, 0.6) is 0 Å². The number of fused-ring (bicyclic) bond motifs is 9. The second-order valence-corrected chi connectivity index (χ2v) is 14.7. The molecule has 1 atom stereocenters. The maximum absolute atomic E-state index is 7.01. The van der Waals surface area contributed by atoms with Crippen LogP contribution in [0.3, 0.4) is 0 Å². The van der Waals surface area contributed by atoms with Crippen LogP contribution in [-0.4, -0.2) is 16.2 Å². The summed E-state index contributed by atoms with van der Waals surface area (Å²) in [4.78, 5) is 10.1. The van der Waals surface area contributed by atoms with Crippen LogP contribution >= 0.6 is 0 Å². The number of hydrogen-bond acceptors (Lipinski definition) is 3. The zero-order chi connectivity index (χ0) is 38.7. The molecule has 2 N–H and O–H groups in total. The van der Waals surface area contributed by atoms with Gasteiger partial charge in [0.1, 0.15) is 28.2 Å². The van der Waals surface area contributed by atoms with Gasteiger partial charge in [0.2, 0.25) is 0 Å². The molecule has 3 heterocycles. The van der Waals surface area contributed by atoms with Crippen molar-refractivity contribution < 1.29 is 8.83 Å². The third-order valence-electron chi connectivity index (χ3n) is 11.2. The van der Waals surface area contributed by atoms with E-state index >= 15 is 0 Å². The van der Waals surface area contributed by atoms with Gasteiger partial charge in [0.05, 0.1) is 22.8 Å². The van der Waals surface area contributed by atoms with Crippen LogP contribution in [0.15, 0.2) is 201 Å². The van der Waals surface area contributed by atoms with E-state index in [1.54, 1.807) is 0 Å². The van der Waals surface area contributed by atoms with Gasteiger partial charge in [-0.25, -0.2) is 4.99 Å². The average Bonchev–Trinajstić information content (AvgIpc) is 3.95. The Morgan fingerprint density at radius 1 is 0.534 bits per heavy atom. The summed E-state index contributed by atoms with van der Waals surface area (Å²) in [7, 11) is 0. The van der Waals surface area contributed by atoms with Crippen LogP contribution in [0.25, 0.3) is 82.5 Å². The van der Waals surface area contributed by atoms with E-state index in [4.69, 9.17) is 24.6 Å². The number of nitrogens with zero attached hydrogens (tertiary/aromatic N) is 3. The van der Waals surface area contributed by atoms with Crippen LogP contribution in [0, 0.1) is 0 Å². The molecule has 1 unspecified atom stereocenters. The molecule has 0 saturated carbocycles. The van der Waals surface area contributed by atoms with E-state index in [1.165, 1.54) is 10.8 Å². The first-order valence-corrected chi connectivity index (χ1v) is 19.5. The number of nitrogens with two attached hydrogens (primary N) is 1. The van der Waals surface area contributed by atoms with Gasteiger partial charge < -0.3 is 19.1 Å². The highest BCUT2D eigenvalue weighted by atomic mass is 16.3. The van der Waals surface area contributed by atoms with Crippen LogP contribution in [0.2, 0.25) is 0 Å². The molecular formula is C52H36N4O2. The Bertz CT molecular complexity index is 3370. The minimum atomic E-state index is -0.129. The van der Waals surface area contributed by atoms with Crippen molar-refractivity contribution in [1.29, 1.82) is 0 Å². The third-order valence-corrected chi connectivity index (χ3v) is 11.2. The first kappa shape index (κ1) is 33.6. The van der Waals surface area contributed by atoms with Crippen LogP contribution in [-0.2, 0) is 0 Å². The Labute approximate surface area is 333 Å². The Balaban J connectivity index is 1.12. The van der Waals surface area contributed by atoms with Gasteiger partial charge in [0.25, 0.3) is 0 Å². The van der Waals surface area contributed by atoms with E-state index in [-0.39, 0.29) is 6.04 Å². The number of amidine groups is 2. The van der Waals surface area contributed by atoms with Gasteiger partial charge in [-0.15, -0.1) is 0 Å². The van der Waals surface area contributed by atoms with E-state index < -0.39 is 0 Å². The Hall–Kier alpha value is -7.70. The molecular weight excluding hydrogens is 713 g/mol. The van der Waals surface area contributed by atoms with E-state index in [1.807, 2.05) is 78.9 Å². The Morgan fingerprint density at radius 2 is 1.16 bits per heavy atom. The number of para-hydroxylation sites is 3. The van der Waals surface area contributed by atoms with Crippen LogP contribution in [0.1, 0.15) is 29.7 Å². The normalized spacial score (nSPS) is 13.1. The predicted octanol–water partition coefficient (Wildman–Crippen LogP) is 13.2. The van der Waals surface area contributed by atoms with Crippen LogP contribution < -0.4 is 5.73 Å². The molecule has 0 aliphatic heterocycles. The summed E-state index contributed by atoms with van der Waals surface area (Å²) >= 11 is 0. The highest BCUT2D eigenvalue weighted by molar-refractivity contribution is 6.22. The molecule has 0 saturated heterocycles. The highest BCUT2D eigenvalue weighted by Gasteiger charge is 2.21. The standard InChI is InChI=1S/C52H36N4O2/c1-32(33-15-4-2-5-16-33)54-52(34-17-6-3-7-18-34)55-51(53)40-22-14-26-47-50(40)42-29-35(27-28-46(42)57-47)41-30-36(31-48-49(41)39-21-10-13-25-45(39)58-48)56-43-23-11-8-19-37(43)38-20-9-12-24-44(38)56/h2-32H,1H3,(H2,53,54,55). The largest absolute Gasteiger partial charge is 0.456 e. The topological polar surface area (TPSA) is 82.0 Å².